The SMILES string of the molecule is COc1ccsc1C(=O)NC1CNCCC1C.Cl. The Hall–Kier alpha value is -0.780. The van der Waals surface area contributed by atoms with E-state index < -0.39 is 0 Å². The highest BCUT2D eigenvalue weighted by Gasteiger charge is 2.24. The summed E-state index contributed by atoms with van der Waals surface area (Å²) in [4.78, 5) is 12.7. The molecule has 2 unspecified atom stereocenters. The van der Waals surface area contributed by atoms with E-state index >= 15 is 0 Å². The molecule has 1 aromatic rings. The molecule has 2 atom stereocenters. The fraction of sp³-hybridized carbons (Fsp3) is 0.583. The Kier molecular flexibility index (Phi) is 5.91. The van der Waals surface area contributed by atoms with Gasteiger partial charge in [0.2, 0.25) is 0 Å². The zero-order valence-electron chi connectivity index (χ0n) is 10.6. The van der Waals surface area contributed by atoms with Crippen molar-refractivity contribution in [2.24, 2.45) is 5.92 Å². The number of rotatable bonds is 3. The summed E-state index contributed by atoms with van der Waals surface area (Å²) in [5.74, 6) is 1.15. The number of thiophene rings is 1. The second-order valence-corrected chi connectivity index (χ2v) is 5.28. The molecule has 2 heterocycles. The van der Waals surface area contributed by atoms with Gasteiger partial charge in [-0.25, -0.2) is 0 Å². The third-order valence-electron chi connectivity index (χ3n) is 3.20. The molecule has 0 aromatic carbocycles. The first-order valence-corrected chi connectivity index (χ1v) is 6.73. The number of hydrogen-bond donors (Lipinski definition) is 2. The molecule has 1 aliphatic rings. The molecule has 2 N–H and O–H groups in total. The first-order chi connectivity index (χ1) is 8.22. The molecule has 1 aromatic heterocycles. The van der Waals surface area contributed by atoms with Crippen LogP contribution in [-0.2, 0) is 0 Å². The van der Waals surface area contributed by atoms with E-state index in [4.69, 9.17) is 4.74 Å². The van der Waals surface area contributed by atoms with Gasteiger partial charge in [-0.2, -0.15) is 0 Å². The molecule has 0 radical (unpaired) electrons. The van der Waals surface area contributed by atoms with Crippen LogP contribution >= 0.6 is 23.7 Å². The molecule has 4 nitrogen and oxygen atoms in total. The molecule has 18 heavy (non-hydrogen) atoms. The van der Waals surface area contributed by atoms with Crippen molar-refractivity contribution in [3.05, 3.63) is 16.3 Å². The first-order valence-electron chi connectivity index (χ1n) is 5.85. The molecule has 6 heteroatoms. The van der Waals surface area contributed by atoms with Crippen LogP contribution in [0.2, 0.25) is 0 Å². The Balaban J connectivity index is 0.00000162. The van der Waals surface area contributed by atoms with Crippen molar-refractivity contribution >= 4 is 29.7 Å². The van der Waals surface area contributed by atoms with Gasteiger partial charge in [-0.15, -0.1) is 23.7 Å². The van der Waals surface area contributed by atoms with Crippen molar-refractivity contribution < 1.29 is 9.53 Å². The summed E-state index contributed by atoms with van der Waals surface area (Å²) in [5, 5.41) is 8.25. The summed E-state index contributed by atoms with van der Waals surface area (Å²) in [5.41, 5.74) is 0. The van der Waals surface area contributed by atoms with E-state index in [1.54, 1.807) is 7.11 Å². The molecule has 1 aliphatic heterocycles. The summed E-state index contributed by atoms with van der Waals surface area (Å²) < 4.78 is 5.16. The minimum Gasteiger partial charge on any atom is -0.495 e. The summed E-state index contributed by atoms with van der Waals surface area (Å²) in [6, 6.07) is 2.03. The van der Waals surface area contributed by atoms with Gasteiger partial charge in [0.25, 0.3) is 5.91 Å². The van der Waals surface area contributed by atoms with Gasteiger partial charge in [-0.3, -0.25) is 4.79 Å². The Labute approximate surface area is 118 Å². The second-order valence-electron chi connectivity index (χ2n) is 4.37. The van der Waals surface area contributed by atoms with Crippen molar-refractivity contribution in [1.82, 2.24) is 10.6 Å². The molecule has 102 valence electrons. The highest BCUT2D eigenvalue weighted by molar-refractivity contribution is 7.12. The van der Waals surface area contributed by atoms with Crippen LogP contribution in [0, 0.1) is 5.92 Å². The highest BCUT2D eigenvalue weighted by Crippen LogP contribution is 2.24. The third kappa shape index (κ3) is 3.37. The Morgan fingerprint density at radius 3 is 3.06 bits per heavy atom. The van der Waals surface area contributed by atoms with Crippen molar-refractivity contribution in [2.75, 3.05) is 20.2 Å². The van der Waals surface area contributed by atoms with Crippen LogP contribution < -0.4 is 15.4 Å². The van der Waals surface area contributed by atoms with Crippen LogP contribution in [0.3, 0.4) is 0 Å². The topological polar surface area (TPSA) is 50.4 Å². The average molecular weight is 291 g/mol. The number of piperidine rings is 1. The van der Waals surface area contributed by atoms with Gasteiger partial charge in [0.05, 0.1) is 7.11 Å². The molecule has 1 saturated heterocycles. The molecule has 0 aliphatic carbocycles. The van der Waals surface area contributed by atoms with Gasteiger partial charge in [-0.1, -0.05) is 6.92 Å². The van der Waals surface area contributed by atoms with Crippen LogP contribution in [0.15, 0.2) is 11.4 Å². The summed E-state index contributed by atoms with van der Waals surface area (Å²) in [6.45, 7) is 4.06. The number of nitrogens with one attached hydrogen (secondary N) is 2. The fourth-order valence-electron chi connectivity index (χ4n) is 2.04. The Morgan fingerprint density at radius 2 is 2.39 bits per heavy atom. The maximum Gasteiger partial charge on any atom is 0.265 e. The zero-order chi connectivity index (χ0) is 12.3. The average Bonchev–Trinajstić information content (AvgIpc) is 2.80. The smallest absolute Gasteiger partial charge is 0.265 e. The van der Waals surface area contributed by atoms with E-state index in [0.29, 0.717) is 16.5 Å². The second kappa shape index (κ2) is 6.97. The highest BCUT2D eigenvalue weighted by atomic mass is 35.5. The van der Waals surface area contributed by atoms with Crippen LogP contribution in [0.4, 0.5) is 0 Å². The lowest BCUT2D eigenvalue weighted by Gasteiger charge is -2.30. The normalized spacial score (nSPS) is 23.0. The molecule has 0 bridgehead atoms. The quantitative estimate of drug-likeness (QED) is 0.894. The minimum absolute atomic E-state index is 0. The van der Waals surface area contributed by atoms with E-state index in [1.165, 1.54) is 11.3 Å². The molecule has 1 fully saturated rings. The molecule has 2 rings (SSSR count). The Morgan fingerprint density at radius 1 is 1.61 bits per heavy atom. The number of carbonyl (C=O) groups excluding carboxylic acids is 1. The van der Waals surface area contributed by atoms with Crippen LogP contribution in [0.25, 0.3) is 0 Å². The number of methoxy groups -OCH3 is 1. The van der Waals surface area contributed by atoms with Crippen molar-refractivity contribution in [2.45, 2.75) is 19.4 Å². The predicted octanol–water partition coefficient (Wildman–Crippen LogP) is 1.91. The van der Waals surface area contributed by atoms with Crippen molar-refractivity contribution in [3.63, 3.8) is 0 Å². The number of ether oxygens (including phenoxy) is 1. The summed E-state index contributed by atoms with van der Waals surface area (Å²) in [6.07, 6.45) is 1.10. The maximum absolute atomic E-state index is 12.1. The maximum atomic E-state index is 12.1. The van der Waals surface area contributed by atoms with E-state index in [2.05, 4.69) is 17.6 Å². The molecule has 0 spiro atoms. The van der Waals surface area contributed by atoms with E-state index in [0.717, 1.165) is 19.5 Å². The van der Waals surface area contributed by atoms with Crippen LogP contribution in [0.5, 0.6) is 5.75 Å². The molecular weight excluding hydrogens is 272 g/mol. The van der Waals surface area contributed by atoms with Gasteiger partial charge in [-0.05, 0) is 30.3 Å². The standard InChI is InChI=1S/C12H18N2O2S.ClH/c1-8-3-5-13-7-9(8)14-12(15)11-10(16-2)4-6-17-11;/h4,6,8-9,13H,3,5,7H2,1-2H3,(H,14,15);1H. The minimum atomic E-state index is -0.0302. The monoisotopic (exact) mass is 290 g/mol. The largest absolute Gasteiger partial charge is 0.495 e. The van der Waals surface area contributed by atoms with Gasteiger partial charge < -0.3 is 15.4 Å². The number of amides is 1. The van der Waals surface area contributed by atoms with Gasteiger partial charge in [0.15, 0.2) is 0 Å². The first kappa shape index (κ1) is 15.3. The molecule has 1 amide bonds. The van der Waals surface area contributed by atoms with E-state index in [-0.39, 0.29) is 24.4 Å². The summed E-state index contributed by atoms with van der Waals surface area (Å²) >= 11 is 1.41. The van der Waals surface area contributed by atoms with Crippen molar-refractivity contribution in [3.8, 4) is 5.75 Å². The molecule has 0 saturated carbocycles. The predicted molar refractivity (Wildman–Crippen MR) is 76.0 cm³/mol. The number of halogens is 1. The Bertz CT molecular complexity index is 397. The lowest BCUT2D eigenvalue weighted by molar-refractivity contribution is 0.0916. The summed E-state index contributed by atoms with van der Waals surface area (Å²) in [7, 11) is 1.59. The zero-order valence-corrected chi connectivity index (χ0v) is 12.2. The molecular formula is C12H19ClN2O2S. The van der Waals surface area contributed by atoms with Crippen LogP contribution in [-0.4, -0.2) is 32.1 Å². The number of hydrogen-bond acceptors (Lipinski definition) is 4. The van der Waals surface area contributed by atoms with Gasteiger partial charge in [0.1, 0.15) is 10.6 Å². The third-order valence-corrected chi connectivity index (χ3v) is 4.09. The lowest BCUT2D eigenvalue weighted by Crippen LogP contribution is -2.50. The lowest BCUT2D eigenvalue weighted by atomic mass is 9.95. The number of carbonyl (C=O) groups is 1. The van der Waals surface area contributed by atoms with Crippen molar-refractivity contribution in [1.29, 1.82) is 0 Å². The van der Waals surface area contributed by atoms with E-state index in [1.807, 2.05) is 11.4 Å². The van der Waals surface area contributed by atoms with Gasteiger partial charge in [0, 0.05) is 12.6 Å². The van der Waals surface area contributed by atoms with E-state index in [9.17, 15) is 4.79 Å². The van der Waals surface area contributed by atoms with Gasteiger partial charge >= 0.3 is 0 Å². The fourth-order valence-corrected chi connectivity index (χ4v) is 2.80. The van der Waals surface area contributed by atoms with Crippen LogP contribution in [0.1, 0.15) is 23.0 Å².